The van der Waals surface area contributed by atoms with Crippen LogP contribution in [-0.2, 0) is 9.59 Å². The van der Waals surface area contributed by atoms with Gasteiger partial charge < -0.3 is 15.4 Å². The van der Waals surface area contributed by atoms with Gasteiger partial charge in [-0.15, -0.1) is 0 Å². The molecule has 0 spiro atoms. The molecule has 0 radical (unpaired) electrons. The number of carbonyl (C=O) groups excluding carboxylic acids is 3. The van der Waals surface area contributed by atoms with Gasteiger partial charge in [-0.25, -0.2) is 0 Å². The first-order valence-corrected chi connectivity index (χ1v) is 9.11. The molecule has 2 N–H and O–H groups in total. The molecule has 1 saturated carbocycles. The summed E-state index contributed by atoms with van der Waals surface area (Å²) in [5, 5.41) is 5.81. The molecular weight excluding hydrogens is 334 g/mol. The number of anilines is 1. The maximum atomic E-state index is 12.5. The first-order chi connectivity index (χ1) is 12.4. The summed E-state index contributed by atoms with van der Waals surface area (Å²) in [6.07, 6.45) is 4.27. The van der Waals surface area contributed by atoms with E-state index in [0.717, 1.165) is 25.7 Å². The van der Waals surface area contributed by atoms with Crippen LogP contribution in [-0.4, -0.2) is 43.0 Å². The molecule has 1 aromatic carbocycles. The van der Waals surface area contributed by atoms with E-state index < -0.39 is 0 Å². The fourth-order valence-electron chi connectivity index (χ4n) is 3.37. The largest absolute Gasteiger partial charge is 0.482 e. The number of benzene rings is 1. The Morgan fingerprint density at radius 2 is 2.00 bits per heavy atom. The molecule has 0 unspecified atom stereocenters. The van der Waals surface area contributed by atoms with E-state index in [1.54, 1.807) is 18.2 Å². The number of carbonyl (C=O) groups is 3. The Bertz CT molecular complexity index is 711. The molecule has 3 rings (SSSR count). The molecule has 140 valence electrons. The average molecular weight is 359 g/mol. The van der Waals surface area contributed by atoms with E-state index in [1.807, 2.05) is 13.8 Å². The Balaban J connectivity index is 1.79. The smallest absolute Gasteiger partial charge is 0.265 e. The first kappa shape index (κ1) is 18.2. The molecule has 7 nitrogen and oxygen atoms in total. The molecule has 1 heterocycles. The molecule has 1 fully saturated rings. The van der Waals surface area contributed by atoms with E-state index in [9.17, 15) is 14.4 Å². The lowest BCUT2D eigenvalue weighted by molar-refractivity contribution is -0.125. The van der Waals surface area contributed by atoms with Gasteiger partial charge in [0.25, 0.3) is 11.8 Å². The molecule has 2 aliphatic rings. The molecule has 0 saturated heterocycles. The van der Waals surface area contributed by atoms with Crippen LogP contribution < -0.4 is 20.3 Å². The highest BCUT2D eigenvalue weighted by molar-refractivity contribution is 6.04. The summed E-state index contributed by atoms with van der Waals surface area (Å²) in [5.74, 6) is -0.213. The third-order valence-electron chi connectivity index (χ3n) is 4.61. The fraction of sp³-hybridized carbons (Fsp3) is 0.526. The molecule has 0 bridgehead atoms. The zero-order valence-corrected chi connectivity index (χ0v) is 15.2. The van der Waals surface area contributed by atoms with Gasteiger partial charge in [0.1, 0.15) is 12.3 Å². The Morgan fingerprint density at radius 1 is 1.27 bits per heavy atom. The molecule has 0 atom stereocenters. The number of fused-ring (bicyclic) bond motifs is 1. The second-order valence-electron chi connectivity index (χ2n) is 7.13. The number of amides is 3. The number of nitrogens with zero attached hydrogens (tertiary/aromatic N) is 1. The topological polar surface area (TPSA) is 87.7 Å². The Hall–Kier alpha value is -2.57. The second kappa shape index (κ2) is 7.76. The van der Waals surface area contributed by atoms with Crippen molar-refractivity contribution in [1.29, 1.82) is 0 Å². The van der Waals surface area contributed by atoms with Crippen LogP contribution >= 0.6 is 0 Å². The lowest BCUT2D eigenvalue weighted by atomic mass is 10.1. The summed E-state index contributed by atoms with van der Waals surface area (Å²) in [5.41, 5.74) is 0.919. The van der Waals surface area contributed by atoms with Crippen LogP contribution in [0.25, 0.3) is 0 Å². The fourth-order valence-corrected chi connectivity index (χ4v) is 3.37. The van der Waals surface area contributed by atoms with Gasteiger partial charge in [0.15, 0.2) is 6.61 Å². The number of rotatable bonds is 5. The highest BCUT2D eigenvalue weighted by Gasteiger charge is 2.29. The zero-order valence-electron chi connectivity index (χ0n) is 15.2. The van der Waals surface area contributed by atoms with Gasteiger partial charge in [0.05, 0.1) is 5.69 Å². The Kier molecular flexibility index (Phi) is 5.44. The van der Waals surface area contributed by atoms with Gasteiger partial charge in [-0.1, -0.05) is 12.8 Å². The highest BCUT2D eigenvalue weighted by Crippen LogP contribution is 2.33. The third kappa shape index (κ3) is 4.15. The quantitative estimate of drug-likeness (QED) is 0.836. The number of hydrogen-bond donors (Lipinski definition) is 2. The molecule has 1 aromatic rings. The Morgan fingerprint density at radius 3 is 2.69 bits per heavy atom. The summed E-state index contributed by atoms with van der Waals surface area (Å²) < 4.78 is 5.44. The third-order valence-corrected chi connectivity index (χ3v) is 4.61. The highest BCUT2D eigenvalue weighted by atomic mass is 16.5. The molecule has 1 aliphatic carbocycles. The minimum Gasteiger partial charge on any atom is -0.482 e. The summed E-state index contributed by atoms with van der Waals surface area (Å²) in [4.78, 5) is 38.2. The van der Waals surface area contributed by atoms with Gasteiger partial charge in [-0.05, 0) is 44.9 Å². The Labute approximate surface area is 153 Å². The van der Waals surface area contributed by atoms with Crippen molar-refractivity contribution < 1.29 is 19.1 Å². The number of ether oxygens (including phenoxy) is 1. The van der Waals surface area contributed by atoms with Gasteiger partial charge in [0, 0.05) is 17.6 Å². The van der Waals surface area contributed by atoms with Crippen molar-refractivity contribution in [2.24, 2.45) is 0 Å². The van der Waals surface area contributed by atoms with Crippen LogP contribution in [0.3, 0.4) is 0 Å². The van der Waals surface area contributed by atoms with E-state index >= 15 is 0 Å². The number of hydrogen-bond acceptors (Lipinski definition) is 4. The normalized spacial score (nSPS) is 17.0. The maximum absolute atomic E-state index is 12.5. The maximum Gasteiger partial charge on any atom is 0.265 e. The van der Waals surface area contributed by atoms with Crippen molar-refractivity contribution in [2.45, 2.75) is 51.6 Å². The van der Waals surface area contributed by atoms with E-state index in [2.05, 4.69) is 10.6 Å². The van der Waals surface area contributed by atoms with Crippen molar-refractivity contribution in [1.82, 2.24) is 10.6 Å². The van der Waals surface area contributed by atoms with Gasteiger partial charge >= 0.3 is 0 Å². The zero-order chi connectivity index (χ0) is 18.7. The molecule has 3 amide bonds. The molecule has 1 aliphatic heterocycles. The van der Waals surface area contributed by atoms with Crippen LogP contribution in [0.15, 0.2) is 18.2 Å². The summed E-state index contributed by atoms with van der Waals surface area (Å²) in [6, 6.07) is 5.19. The predicted molar refractivity (Wildman–Crippen MR) is 97.3 cm³/mol. The lowest BCUT2D eigenvalue weighted by Gasteiger charge is -2.29. The van der Waals surface area contributed by atoms with Crippen molar-refractivity contribution >= 4 is 23.4 Å². The van der Waals surface area contributed by atoms with E-state index in [0.29, 0.717) is 17.0 Å². The SMILES string of the molecule is CC(C)NC(=O)CN1C(=O)COc2ccc(C(=O)NC3CCCC3)cc21. The average Bonchev–Trinajstić information content (AvgIpc) is 3.09. The van der Waals surface area contributed by atoms with Gasteiger partial charge in [-0.2, -0.15) is 0 Å². The minimum absolute atomic E-state index is 0.0124. The molecule has 7 heteroatoms. The molecule has 26 heavy (non-hydrogen) atoms. The van der Waals surface area contributed by atoms with Crippen molar-refractivity contribution in [3.8, 4) is 5.75 Å². The summed E-state index contributed by atoms with van der Waals surface area (Å²) in [6.45, 7) is 3.51. The second-order valence-corrected chi connectivity index (χ2v) is 7.13. The van der Waals surface area contributed by atoms with Gasteiger partial charge in [0.2, 0.25) is 5.91 Å². The van der Waals surface area contributed by atoms with E-state index in [-0.39, 0.29) is 43.0 Å². The van der Waals surface area contributed by atoms with Crippen LogP contribution in [0.1, 0.15) is 49.9 Å². The standard InChI is InChI=1S/C19H25N3O4/c1-12(2)20-17(23)10-22-15-9-13(7-8-16(15)26-11-18(22)24)19(25)21-14-5-3-4-6-14/h7-9,12,14H,3-6,10-11H2,1-2H3,(H,20,23)(H,21,25). The molecule has 0 aromatic heterocycles. The van der Waals surface area contributed by atoms with Crippen LogP contribution in [0.5, 0.6) is 5.75 Å². The van der Waals surface area contributed by atoms with Crippen LogP contribution in [0.2, 0.25) is 0 Å². The van der Waals surface area contributed by atoms with Crippen LogP contribution in [0.4, 0.5) is 5.69 Å². The summed E-state index contributed by atoms with van der Waals surface area (Å²) in [7, 11) is 0. The monoisotopic (exact) mass is 359 g/mol. The number of nitrogens with one attached hydrogen (secondary N) is 2. The van der Waals surface area contributed by atoms with Crippen LogP contribution in [0, 0.1) is 0 Å². The van der Waals surface area contributed by atoms with Gasteiger partial charge in [-0.3, -0.25) is 19.3 Å². The van der Waals surface area contributed by atoms with E-state index in [1.165, 1.54) is 4.90 Å². The van der Waals surface area contributed by atoms with Crippen molar-refractivity contribution in [3.05, 3.63) is 23.8 Å². The lowest BCUT2D eigenvalue weighted by Crippen LogP contribution is -2.46. The summed E-state index contributed by atoms with van der Waals surface area (Å²) >= 11 is 0. The first-order valence-electron chi connectivity index (χ1n) is 9.11. The molecular formula is C19H25N3O4. The van der Waals surface area contributed by atoms with E-state index in [4.69, 9.17) is 4.74 Å². The predicted octanol–water partition coefficient (Wildman–Crippen LogP) is 1.61. The van der Waals surface area contributed by atoms with Crippen molar-refractivity contribution in [3.63, 3.8) is 0 Å². The minimum atomic E-state index is -0.301. The van der Waals surface area contributed by atoms with Crippen molar-refractivity contribution in [2.75, 3.05) is 18.1 Å².